The molecule has 4 aromatic rings. The first-order chi connectivity index (χ1) is 26.7. The van der Waals surface area contributed by atoms with Crippen LogP contribution in [-0.4, -0.2) is 122 Å². The third kappa shape index (κ3) is 9.05. The van der Waals surface area contributed by atoms with Crippen LogP contribution in [-0.2, 0) is 28.7 Å². The molecule has 4 heterocycles. The zero-order chi connectivity index (χ0) is 38.3. The Morgan fingerprint density at radius 3 is 2.15 bits per heavy atom. The molecule has 1 atom stereocenters. The molecule has 3 aromatic carbocycles. The second-order valence-corrected chi connectivity index (χ2v) is 20.2. The fraction of sp³-hybridized carbons (Fsp3) is 0.465. The quantitative estimate of drug-likeness (QED) is 0.150. The van der Waals surface area contributed by atoms with Crippen molar-refractivity contribution in [2.24, 2.45) is 0 Å². The minimum absolute atomic E-state index is 0.222. The van der Waals surface area contributed by atoms with Gasteiger partial charge in [0, 0.05) is 64.5 Å². The lowest BCUT2D eigenvalue weighted by Gasteiger charge is -2.47. The highest BCUT2D eigenvalue weighted by molar-refractivity contribution is 6.99. The van der Waals surface area contributed by atoms with Gasteiger partial charge in [-0.2, -0.15) is 9.97 Å². The van der Waals surface area contributed by atoms with E-state index in [4.69, 9.17) is 23.9 Å². The molecular weight excluding hydrogens is 709 g/mol. The second kappa shape index (κ2) is 17.6. The van der Waals surface area contributed by atoms with E-state index in [1.54, 1.807) is 0 Å². The number of anilines is 1. The van der Waals surface area contributed by atoms with E-state index in [0.717, 1.165) is 75.9 Å². The molecule has 1 unspecified atom stereocenters. The minimum atomic E-state index is -2.90. The van der Waals surface area contributed by atoms with Crippen molar-refractivity contribution in [2.45, 2.75) is 57.8 Å². The first kappa shape index (κ1) is 38.9. The summed E-state index contributed by atoms with van der Waals surface area (Å²) in [6, 6.07) is 31.9. The maximum atomic E-state index is 12.5. The molecule has 1 amide bonds. The summed E-state index contributed by atoms with van der Waals surface area (Å²) < 4.78 is 19.4. The maximum absolute atomic E-state index is 12.5. The number of nitrogens with zero attached hydrogens (tertiary/aromatic N) is 6. The Morgan fingerprint density at radius 1 is 0.855 bits per heavy atom. The zero-order valence-electron chi connectivity index (χ0n) is 32.6. The highest BCUT2D eigenvalue weighted by atomic mass is 28.4. The summed E-state index contributed by atoms with van der Waals surface area (Å²) in [4.78, 5) is 31.4. The number of carboxylic acid groups (broad SMARTS) is 1. The molecule has 0 radical (unpaired) electrons. The molecule has 0 bridgehead atoms. The number of aromatic nitrogens is 2. The molecule has 55 heavy (non-hydrogen) atoms. The lowest BCUT2D eigenvalue weighted by atomic mass is 10.0. The molecule has 2 saturated heterocycles. The van der Waals surface area contributed by atoms with Gasteiger partial charge in [0.15, 0.2) is 0 Å². The number of benzene rings is 3. The molecule has 0 spiro atoms. The Bertz CT molecular complexity index is 1800. The van der Waals surface area contributed by atoms with Crippen LogP contribution in [0.2, 0.25) is 5.04 Å². The first-order valence-corrected chi connectivity index (χ1v) is 21.7. The number of fused-ring (bicyclic) bond motifs is 1. The van der Waals surface area contributed by atoms with Crippen molar-refractivity contribution < 1.29 is 23.8 Å². The number of rotatable bonds is 13. The number of hydrogen-bond acceptors (Lipinski definition) is 9. The molecule has 292 valence electrons. The first-order valence-electron chi connectivity index (χ1n) is 19.8. The summed E-state index contributed by atoms with van der Waals surface area (Å²) in [7, 11) is -2.90. The minimum Gasteiger partial charge on any atom is -0.465 e. The third-order valence-electron chi connectivity index (χ3n) is 11.2. The highest BCUT2D eigenvalue weighted by Gasteiger charge is 2.51. The van der Waals surface area contributed by atoms with E-state index in [0.29, 0.717) is 45.4 Å². The molecule has 0 saturated carbocycles. The van der Waals surface area contributed by atoms with Crippen LogP contribution in [0, 0.1) is 0 Å². The van der Waals surface area contributed by atoms with Crippen LogP contribution in [0.3, 0.4) is 0 Å². The van der Waals surface area contributed by atoms with E-state index in [-0.39, 0.29) is 11.1 Å². The fourth-order valence-electron chi connectivity index (χ4n) is 8.43. The van der Waals surface area contributed by atoms with Crippen LogP contribution >= 0.6 is 0 Å². The van der Waals surface area contributed by atoms with E-state index >= 15 is 0 Å². The zero-order valence-corrected chi connectivity index (χ0v) is 33.6. The van der Waals surface area contributed by atoms with Gasteiger partial charge in [-0.05, 0) is 33.8 Å². The van der Waals surface area contributed by atoms with Gasteiger partial charge in [0.05, 0.1) is 38.2 Å². The van der Waals surface area contributed by atoms with E-state index in [9.17, 15) is 9.90 Å². The number of hydrogen-bond donors (Lipinski definition) is 1. The van der Waals surface area contributed by atoms with Gasteiger partial charge < -0.3 is 28.8 Å². The topological polar surface area (TPSA) is 104 Å². The van der Waals surface area contributed by atoms with Gasteiger partial charge in [-0.3, -0.25) is 9.80 Å². The number of carbonyl (C=O) groups is 1. The van der Waals surface area contributed by atoms with Gasteiger partial charge in [-0.15, -0.1) is 0 Å². The van der Waals surface area contributed by atoms with Crippen LogP contribution in [0.1, 0.15) is 44.0 Å². The van der Waals surface area contributed by atoms with E-state index in [1.165, 1.54) is 20.8 Å². The van der Waals surface area contributed by atoms with Crippen LogP contribution in [0.4, 0.5) is 10.6 Å². The van der Waals surface area contributed by atoms with Gasteiger partial charge in [0.1, 0.15) is 5.82 Å². The standard InChI is InChI=1S/C43H56N6O5Si/c1-43(2,3)55(36-16-9-5-10-17-36,37-18-11-6-12-19-37)54-33-35-31-48(42(50)51)23-24-49(35)40-38-20-22-47(30-34-14-7-4-8-15-34)32-39(38)44-41(45-40)53-27-13-21-46-25-28-52-29-26-46/h4-12,14-19,35H,13,20-33H2,1-3H3,(H,50,51). The largest absolute Gasteiger partial charge is 0.465 e. The van der Waals surface area contributed by atoms with Crippen molar-refractivity contribution in [3.05, 3.63) is 108 Å². The molecule has 0 aliphatic carbocycles. The molecule has 2 fully saturated rings. The number of ether oxygens (including phenoxy) is 2. The van der Waals surface area contributed by atoms with Crippen molar-refractivity contribution in [2.75, 3.05) is 77.1 Å². The summed E-state index contributed by atoms with van der Waals surface area (Å²) >= 11 is 0. The van der Waals surface area contributed by atoms with Crippen LogP contribution in [0.5, 0.6) is 6.01 Å². The monoisotopic (exact) mass is 764 g/mol. The van der Waals surface area contributed by atoms with Gasteiger partial charge in [0.2, 0.25) is 0 Å². The summed E-state index contributed by atoms with van der Waals surface area (Å²) in [5.74, 6) is 0.841. The molecule has 3 aliphatic rings. The SMILES string of the molecule is CC(C)(C)[Si](OCC1CN(C(=O)O)CCN1c1nc(OCCCN2CCOCC2)nc2c1CCN(Cc1ccccc1)C2)(c1ccccc1)c1ccccc1. The van der Waals surface area contributed by atoms with Crippen LogP contribution in [0.25, 0.3) is 0 Å². The molecule has 7 rings (SSSR count). The molecule has 3 aliphatic heterocycles. The van der Waals surface area contributed by atoms with Crippen LogP contribution in [0.15, 0.2) is 91.0 Å². The summed E-state index contributed by atoms with van der Waals surface area (Å²) in [6.07, 6.45) is 0.735. The molecule has 12 heteroatoms. The predicted octanol–water partition coefficient (Wildman–Crippen LogP) is 4.88. The van der Waals surface area contributed by atoms with E-state index in [1.807, 2.05) is 12.1 Å². The van der Waals surface area contributed by atoms with Gasteiger partial charge in [-0.1, -0.05) is 112 Å². The normalized spacial score (nSPS) is 18.6. The lowest BCUT2D eigenvalue weighted by Crippen LogP contribution is -2.68. The Balaban J connectivity index is 1.21. The molecule has 1 N–H and O–H groups in total. The Hall–Kier alpha value is -4.33. The van der Waals surface area contributed by atoms with Gasteiger partial charge in [-0.25, -0.2) is 4.79 Å². The van der Waals surface area contributed by atoms with Crippen molar-refractivity contribution in [3.8, 4) is 6.01 Å². The van der Waals surface area contributed by atoms with Crippen LogP contribution < -0.4 is 20.0 Å². The lowest BCUT2D eigenvalue weighted by molar-refractivity contribution is 0.0356. The van der Waals surface area contributed by atoms with Crippen molar-refractivity contribution in [1.29, 1.82) is 0 Å². The Morgan fingerprint density at radius 2 is 1.51 bits per heavy atom. The van der Waals surface area contributed by atoms with E-state index in [2.05, 4.69) is 114 Å². The number of morpholine rings is 1. The smallest absolute Gasteiger partial charge is 0.407 e. The van der Waals surface area contributed by atoms with Gasteiger partial charge >= 0.3 is 12.1 Å². The van der Waals surface area contributed by atoms with Gasteiger partial charge in [0.25, 0.3) is 8.32 Å². The average Bonchev–Trinajstić information content (AvgIpc) is 3.20. The highest BCUT2D eigenvalue weighted by Crippen LogP contribution is 2.38. The summed E-state index contributed by atoms with van der Waals surface area (Å²) in [5.41, 5.74) is 3.36. The summed E-state index contributed by atoms with van der Waals surface area (Å²) in [6.45, 7) is 15.6. The average molecular weight is 765 g/mol. The number of amides is 1. The Kier molecular flexibility index (Phi) is 12.5. The molecular formula is C43H56N6O5Si. The summed E-state index contributed by atoms with van der Waals surface area (Å²) in [5, 5.41) is 12.4. The maximum Gasteiger partial charge on any atom is 0.407 e. The predicted molar refractivity (Wildman–Crippen MR) is 218 cm³/mol. The van der Waals surface area contributed by atoms with Crippen molar-refractivity contribution in [3.63, 3.8) is 0 Å². The fourth-order valence-corrected chi connectivity index (χ4v) is 13.0. The molecule has 11 nitrogen and oxygen atoms in total. The van der Waals surface area contributed by atoms with Crippen molar-refractivity contribution >= 4 is 30.6 Å². The second-order valence-electron chi connectivity index (χ2n) is 15.9. The molecule has 1 aromatic heterocycles. The third-order valence-corrected chi connectivity index (χ3v) is 16.2. The number of piperazine rings is 1. The Labute approximate surface area is 327 Å². The van der Waals surface area contributed by atoms with E-state index < -0.39 is 14.4 Å². The van der Waals surface area contributed by atoms with Crippen molar-refractivity contribution in [1.82, 2.24) is 24.7 Å².